The van der Waals surface area contributed by atoms with Crippen molar-refractivity contribution in [2.24, 2.45) is 0 Å². The summed E-state index contributed by atoms with van der Waals surface area (Å²) in [4.78, 5) is 4.25. The summed E-state index contributed by atoms with van der Waals surface area (Å²) in [6.45, 7) is 5.81. The Morgan fingerprint density at radius 2 is 2.45 bits per heavy atom. The van der Waals surface area contributed by atoms with E-state index < -0.39 is 0 Å². The number of aromatic nitrogens is 2. The molecule has 1 aromatic rings. The molecule has 3 heteroatoms. The van der Waals surface area contributed by atoms with E-state index in [4.69, 9.17) is 4.74 Å². The van der Waals surface area contributed by atoms with Gasteiger partial charge in [0.05, 0.1) is 6.61 Å². The minimum Gasteiger partial charge on any atom is -0.366 e. The molecule has 0 amide bonds. The fourth-order valence-electron chi connectivity index (χ4n) is 1.47. The highest BCUT2D eigenvalue weighted by atomic mass is 16.5. The van der Waals surface area contributed by atoms with E-state index in [1.165, 1.54) is 0 Å². The molecule has 0 bridgehead atoms. The van der Waals surface area contributed by atoms with Gasteiger partial charge in [-0.2, -0.15) is 0 Å². The van der Waals surface area contributed by atoms with Crippen molar-refractivity contribution in [2.45, 2.75) is 26.0 Å². The van der Waals surface area contributed by atoms with Crippen LogP contribution in [0.1, 0.15) is 19.7 Å². The monoisotopic (exact) mass is 152 g/mol. The summed E-state index contributed by atoms with van der Waals surface area (Å²) < 4.78 is 7.71. The normalized spacial score (nSPS) is 21.3. The van der Waals surface area contributed by atoms with Crippen LogP contribution in [-0.4, -0.2) is 16.2 Å². The summed E-state index contributed by atoms with van der Waals surface area (Å²) in [5, 5.41) is 0. The van der Waals surface area contributed by atoms with Crippen molar-refractivity contribution in [3.63, 3.8) is 0 Å². The molecular weight excluding hydrogens is 140 g/mol. The van der Waals surface area contributed by atoms with Crippen LogP contribution in [0, 0.1) is 0 Å². The average Bonchev–Trinajstić information content (AvgIpc) is 2.34. The Bertz CT molecular complexity index is 265. The van der Waals surface area contributed by atoms with Gasteiger partial charge in [-0.05, 0) is 13.8 Å². The molecular formula is C8H12N2O. The Hall–Kier alpha value is -0.830. The molecule has 0 aromatic carbocycles. The van der Waals surface area contributed by atoms with Crippen LogP contribution < -0.4 is 0 Å². The molecule has 2 rings (SSSR count). The maximum absolute atomic E-state index is 5.57. The molecule has 0 aliphatic carbocycles. The SMILES string of the molecule is CC1(C)OCCn2ccnc21. The lowest BCUT2D eigenvalue weighted by Crippen LogP contribution is -2.33. The Kier molecular flexibility index (Phi) is 1.29. The molecule has 0 atom stereocenters. The van der Waals surface area contributed by atoms with Crippen LogP contribution in [0.5, 0.6) is 0 Å². The molecule has 1 aliphatic heterocycles. The van der Waals surface area contributed by atoms with Crippen LogP contribution in [0.2, 0.25) is 0 Å². The van der Waals surface area contributed by atoms with E-state index in [1.807, 2.05) is 26.2 Å². The molecule has 0 saturated carbocycles. The fourth-order valence-corrected chi connectivity index (χ4v) is 1.47. The first-order valence-electron chi connectivity index (χ1n) is 3.86. The maximum atomic E-state index is 5.57. The third-order valence-electron chi connectivity index (χ3n) is 2.05. The third kappa shape index (κ3) is 0.959. The lowest BCUT2D eigenvalue weighted by Gasteiger charge is -2.30. The van der Waals surface area contributed by atoms with E-state index in [0.717, 1.165) is 19.0 Å². The second kappa shape index (κ2) is 2.08. The van der Waals surface area contributed by atoms with E-state index >= 15 is 0 Å². The minimum absolute atomic E-state index is 0.207. The van der Waals surface area contributed by atoms with Crippen molar-refractivity contribution in [3.05, 3.63) is 18.2 Å². The molecule has 2 heterocycles. The smallest absolute Gasteiger partial charge is 0.140 e. The van der Waals surface area contributed by atoms with Gasteiger partial charge in [0.1, 0.15) is 11.4 Å². The molecule has 3 nitrogen and oxygen atoms in total. The topological polar surface area (TPSA) is 27.1 Å². The quantitative estimate of drug-likeness (QED) is 0.557. The Morgan fingerprint density at radius 3 is 3.18 bits per heavy atom. The van der Waals surface area contributed by atoms with Gasteiger partial charge in [0.15, 0.2) is 0 Å². The summed E-state index contributed by atoms with van der Waals surface area (Å²) in [5.74, 6) is 1.03. The third-order valence-corrected chi connectivity index (χ3v) is 2.05. The van der Waals surface area contributed by atoms with Crippen molar-refractivity contribution < 1.29 is 4.74 Å². The van der Waals surface area contributed by atoms with E-state index in [-0.39, 0.29) is 5.60 Å². The van der Waals surface area contributed by atoms with Gasteiger partial charge in [0, 0.05) is 18.9 Å². The van der Waals surface area contributed by atoms with E-state index in [2.05, 4.69) is 9.55 Å². The van der Waals surface area contributed by atoms with Crippen molar-refractivity contribution >= 4 is 0 Å². The highest BCUT2D eigenvalue weighted by Crippen LogP contribution is 2.26. The predicted octanol–water partition coefficient (Wildman–Crippen LogP) is 1.15. The first kappa shape index (κ1) is 6.85. The molecule has 0 fully saturated rings. The number of ether oxygens (including phenoxy) is 1. The van der Waals surface area contributed by atoms with Crippen molar-refractivity contribution in [2.75, 3.05) is 6.61 Å². The van der Waals surface area contributed by atoms with Crippen LogP contribution in [-0.2, 0) is 16.9 Å². The number of fused-ring (bicyclic) bond motifs is 1. The molecule has 0 spiro atoms. The van der Waals surface area contributed by atoms with Gasteiger partial charge < -0.3 is 9.30 Å². The zero-order valence-electron chi connectivity index (χ0n) is 6.87. The number of hydrogen-bond donors (Lipinski definition) is 0. The second-order valence-corrected chi connectivity index (χ2v) is 3.30. The standard InChI is InChI=1S/C8H12N2O/c1-8(2)7-9-3-4-10(7)5-6-11-8/h3-4H,5-6H2,1-2H3. The molecule has 60 valence electrons. The summed E-state index contributed by atoms with van der Waals surface area (Å²) >= 11 is 0. The van der Waals surface area contributed by atoms with E-state index in [1.54, 1.807) is 0 Å². The van der Waals surface area contributed by atoms with E-state index in [9.17, 15) is 0 Å². The van der Waals surface area contributed by atoms with Crippen molar-refractivity contribution in [1.82, 2.24) is 9.55 Å². The van der Waals surface area contributed by atoms with Crippen LogP contribution in [0.15, 0.2) is 12.4 Å². The van der Waals surface area contributed by atoms with Gasteiger partial charge in [0.25, 0.3) is 0 Å². The lowest BCUT2D eigenvalue weighted by molar-refractivity contribution is -0.0539. The highest BCUT2D eigenvalue weighted by Gasteiger charge is 2.29. The largest absolute Gasteiger partial charge is 0.366 e. The van der Waals surface area contributed by atoms with Gasteiger partial charge in [-0.1, -0.05) is 0 Å². The van der Waals surface area contributed by atoms with Crippen molar-refractivity contribution in [1.29, 1.82) is 0 Å². The van der Waals surface area contributed by atoms with Gasteiger partial charge in [-0.15, -0.1) is 0 Å². The van der Waals surface area contributed by atoms with Gasteiger partial charge in [0.2, 0.25) is 0 Å². The Balaban J connectivity index is 2.48. The first-order valence-corrected chi connectivity index (χ1v) is 3.86. The summed E-state index contributed by atoms with van der Waals surface area (Å²) in [6, 6.07) is 0. The second-order valence-electron chi connectivity index (χ2n) is 3.30. The number of rotatable bonds is 0. The van der Waals surface area contributed by atoms with Crippen LogP contribution in [0.3, 0.4) is 0 Å². The van der Waals surface area contributed by atoms with Crippen LogP contribution >= 0.6 is 0 Å². The molecule has 1 aromatic heterocycles. The summed E-state index contributed by atoms with van der Waals surface area (Å²) in [7, 11) is 0. The average molecular weight is 152 g/mol. The lowest BCUT2D eigenvalue weighted by atomic mass is 10.1. The van der Waals surface area contributed by atoms with Gasteiger partial charge in [-0.3, -0.25) is 0 Å². The zero-order valence-corrected chi connectivity index (χ0v) is 6.87. The zero-order chi connectivity index (χ0) is 7.90. The molecule has 1 aliphatic rings. The number of imidazole rings is 1. The van der Waals surface area contributed by atoms with Crippen LogP contribution in [0.25, 0.3) is 0 Å². The molecule has 0 N–H and O–H groups in total. The number of nitrogens with zero attached hydrogens (tertiary/aromatic N) is 2. The predicted molar refractivity (Wildman–Crippen MR) is 41.2 cm³/mol. The molecule has 0 saturated heterocycles. The van der Waals surface area contributed by atoms with Gasteiger partial charge in [-0.25, -0.2) is 4.98 Å². The molecule has 0 unspecified atom stereocenters. The minimum atomic E-state index is -0.207. The Morgan fingerprint density at radius 1 is 1.64 bits per heavy atom. The Labute approximate surface area is 66.0 Å². The summed E-state index contributed by atoms with van der Waals surface area (Å²) in [5.41, 5.74) is -0.207. The fraction of sp³-hybridized carbons (Fsp3) is 0.625. The van der Waals surface area contributed by atoms with Crippen LogP contribution in [0.4, 0.5) is 0 Å². The van der Waals surface area contributed by atoms with Crippen molar-refractivity contribution in [3.8, 4) is 0 Å². The first-order chi connectivity index (χ1) is 5.20. The number of hydrogen-bond acceptors (Lipinski definition) is 2. The molecule has 11 heavy (non-hydrogen) atoms. The highest BCUT2D eigenvalue weighted by molar-refractivity contribution is 5.04. The maximum Gasteiger partial charge on any atom is 0.140 e. The van der Waals surface area contributed by atoms with Gasteiger partial charge >= 0.3 is 0 Å². The van der Waals surface area contributed by atoms with E-state index in [0.29, 0.717) is 0 Å². The summed E-state index contributed by atoms with van der Waals surface area (Å²) in [6.07, 6.45) is 3.82. The molecule has 0 radical (unpaired) electrons.